The Morgan fingerprint density at radius 3 is 2.21 bits per heavy atom. The zero-order valence-corrected chi connectivity index (χ0v) is 9.15. The van der Waals surface area contributed by atoms with E-state index < -0.39 is 0 Å². The van der Waals surface area contributed by atoms with Crippen LogP contribution in [0.5, 0.6) is 0 Å². The Morgan fingerprint density at radius 1 is 0.929 bits per heavy atom. The normalized spacial score (nSPS) is 15.4. The van der Waals surface area contributed by atoms with Gasteiger partial charge in [0.15, 0.2) is 0 Å². The van der Waals surface area contributed by atoms with Gasteiger partial charge in [0.25, 0.3) is 0 Å². The predicted octanol–water partition coefficient (Wildman–Crippen LogP) is 1.31. The van der Waals surface area contributed by atoms with Crippen molar-refractivity contribution in [3.63, 3.8) is 0 Å². The molecule has 0 aromatic carbocycles. The highest BCUT2D eigenvalue weighted by molar-refractivity contribution is 4.59. The van der Waals surface area contributed by atoms with Crippen LogP contribution in [0.25, 0.3) is 0 Å². The Labute approximate surface area is 86.8 Å². The topological polar surface area (TPSA) is 60.7 Å². The summed E-state index contributed by atoms with van der Waals surface area (Å²) in [7, 11) is 0. The average Bonchev–Trinajstić information content (AvgIpc) is 2.21. The van der Waals surface area contributed by atoms with Crippen LogP contribution in [0.2, 0.25) is 0 Å². The van der Waals surface area contributed by atoms with Crippen LogP contribution >= 0.6 is 0 Å². The zero-order valence-electron chi connectivity index (χ0n) is 9.15. The van der Waals surface area contributed by atoms with Crippen LogP contribution in [-0.2, 0) is 0 Å². The van der Waals surface area contributed by atoms with Gasteiger partial charge in [0.1, 0.15) is 0 Å². The number of aliphatic hydroxyl groups excluding tert-OH is 3. The van der Waals surface area contributed by atoms with Crippen LogP contribution in [0.1, 0.15) is 45.4 Å². The van der Waals surface area contributed by atoms with Crippen LogP contribution < -0.4 is 0 Å². The van der Waals surface area contributed by atoms with Crippen molar-refractivity contribution in [2.75, 3.05) is 13.2 Å². The monoisotopic (exact) mass is 204 g/mol. The van der Waals surface area contributed by atoms with Gasteiger partial charge in [-0.1, -0.05) is 19.8 Å². The van der Waals surface area contributed by atoms with Gasteiger partial charge >= 0.3 is 0 Å². The molecule has 0 aliphatic heterocycles. The minimum Gasteiger partial charge on any atom is -0.396 e. The molecule has 0 saturated carbocycles. The lowest BCUT2D eigenvalue weighted by Crippen LogP contribution is -2.10. The minimum atomic E-state index is -0.234. The second kappa shape index (κ2) is 9.44. The van der Waals surface area contributed by atoms with Crippen molar-refractivity contribution in [3.05, 3.63) is 0 Å². The van der Waals surface area contributed by atoms with Gasteiger partial charge in [0, 0.05) is 13.2 Å². The molecule has 3 heteroatoms. The van der Waals surface area contributed by atoms with Crippen molar-refractivity contribution < 1.29 is 15.3 Å². The summed E-state index contributed by atoms with van der Waals surface area (Å²) in [6.07, 6.45) is 5.05. The van der Waals surface area contributed by atoms with Gasteiger partial charge in [-0.05, 0) is 31.6 Å². The number of aliphatic hydroxyl groups is 3. The van der Waals surface area contributed by atoms with Crippen molar-refractivity contribution in [2.45, 2.75) is 51.6 Å². The van der Waals surface area contributed by atoms with Crippen molar-refractivity contribution >= 4 is 0 Å². The van der Waals surface area contributed by atoms with Crippen LogP contribution in [0.15, 0.2) is 0 Å². The smallest absolute Gasteiger partial charge is 0.0540 e. The molecule has 14 heavy (non-hydrogen) atoms. The highest BCUT2D eigenvalue weighted by atomic mass is 16.3. The van der Waals surface area contributed by atoms with Crippen molar-refractivity contribution in [2.24, 2.45) is 5.92 Å². The Hall–Kier alpha value is -0.120. The van der Waals surface area contributed by atoms with E-state index >= 15 is 0 Å². The third-order valence-electron chi connectivity index (χ3n) is 2.50. The maximum absolute atomic E-state index is 9.55. The fourth-order valence-electron chi connectivity index (χ4n) is 1.38. The number of hydrogen-bond acceptors (Lipinski definition) is 3. The lowest BCUT2D eigenvalue weighted by molar-refractivity contribution is 0.132. The molecule has 0 bridgehead atoms. The van der Waals surface area contributed by atoms with Crippen LogP contribution in [0.4, 0.5) is 0 Å². The first-order valence-electron chi connectivity index (χ1n) is 5.60. The Balaban J connectivity index is 3.23. The molecule has 0 rings (SSSR count). The molecule has 0 aromatic heterocycles. The Bertz CT molecular complexity index is 117. The number of rotatable bonds is 9. The van der Waals surface area contributed by atoms with E-state index in [4.69, 9.17) is 10.2 Å². The summed E-state index contributed by atoms with van der Waals surface area (Å²) >= 11 is 0. The highest BCUT2D eigenvalue weighted by Gasteiger charge is 2.06. The predicted molar refractivity (Wildman–Crippen MR) is 57.0 cm³/mol. The second-order valence-electron chi connectivity index (χ2n) is 4.09. The molecule has 86 valence electrons. The lowest BCUT2D eigenvalue weighted by atomic mass is 10.0. The van der Waals surface area contributed by atoms with Gasteiger partial charge in [-0.25, -0.2) is 0 Å². The second-order valence-corrected chi connectivity index (χ2v) is 4.09. The molecule has 2 atom stereocenters. The molecule has 3 N–H and O–H groups in total. The van der Waals surface area contributed by atoms with Gasteiger partial charge < -0.3 is 15.3 Å². The molecule has 0 radical (unpaired) electrons. The van der Waals surface area contributed by atoms with Gasteiger partial charge in [-0.15, -0.1) is 0 Å². The summed E-state index contributed by atoms with van der Waals surface area (Å²) in [6, 6.07) is 0. The van der Waals surface area contributed by atoms with E-state index in [1.165, 1.54) is 0 Å². The molecular weight excluding hydrogens is 180 g/mol. The van der Waals surface area contributed by atoms with Crippen LogP contribution in [0, 0.1) is 5.92 Å². The maximum Gasteiger partial charge on any atom is 0.0540 e. The average molecular weight is 204 g/mol. The van der Waals surface area contributed by atoms with Gasteiger partial charge in [0.2, 0.25) is 0 Å². The highest BCUT2D eigenvalue weighted by Crippen LogP contribution is 2.12. The third kappa shape index (κ3) is 8.48. The molecule has 0 saturated heterocycles. The molecule has 0 aromatic rings. The van der Waals surface area contributed by atoms with Crippen LogP contribution in [-0.4, -0.2) is 34.6 Å². The molecule has 0 aliphatic rings. The van der Waals surface area contributed by atoms with E-state index in [0.717, 1.165) is 38.5 Å². The molecule has 0 heterocycles. The molecule has 3 nitrogen and oxygen atoms in total. The fraction of sp³-hybridized carbons (Fsp3) is 1.00. The number of unbranched alkanes of at least 4 members (excludes halogenated alkanes) is 2. The summed E-state index contributed by atoms with van der Waals surface area (Å²) in [4.78, 5) is 0. The molecule has 0 spiro atoms. The van der Waals surface area contributed by atoms with Gasteiger partial charge in [-0.3, -0.25) is 0 Å². The molecule has 0 amide bonds. The third-order valence-corrected chi connectivity index (χ3v) is 2.50. The standard InChI is InChI=1S/C11H24O3/c1-10(9-13)6-7-11(14)5-3-2-4-8-12/h10-14H,2-9H2,1H3. The van der Waals surface area contributed by atoms with E-state index in [-0.39, 0.29) is 19.3 Å². The summed E-state index contributed by atoms with van der Waals surface area (Å²) in [5, 5.41) is 26.9. The summed E-state index contributed by atoms with van der Waals surface area (Å²) < 4.78 is 0. The summed E-state index contributed by atoms with van der Waals surface area (Å²) in [5.41, 5.74) is 0. The van der Waals surface area contributed by atoms with Gasteiger partial charge in [-0.2, -0.15) is 0 Å². The molecule has 0 fully saturated rings. The molecule has 0 aliphatic carbocycles. The minimum absolute atomic E-state index is 0.206. The quantitative estimate of drug-likeness (QED) is 0.496. The molecule has 2 unspecified atom stereocenters. The Morgan fingerprint density at radius 2 is 1.64 bits per heavy atom. The van der Waals surface area contributed by atoms with E-state index in [1.807, 2.05) is 6.92 Å². The first-order valence-corrected chi connectivity index (χ1v) is 5.60. The Kier molecular flexibility index (Phi) is 9.35. The first-order chi connectivity index (χ1) is 6.70. The SMILES string of the molecule is CC(CO)CCC(O)CCCCCO. The first kappa shape index (κ1) is 13.9. The van der Waals surface area contributed by atoms with Crippen molar-refractivity contribution in [1.82, 2.24) is 0 Å². The van der Waals surface area contributed by atoms with E-state index in [2.05, 4.69) is 0 Å². The number of hydrogen-bond donors (Lipinski definition) is 3. The van der Waals surface area contributed by atoms with E-state index in [9.17, 15) is 5.11 Å². The van der Waals surface area contributed by atoms with Crippen molar-refractivity contribution in [1.29, 1.82) is 0 Å². The van der Waals surface area contributed by atoms with Crippen molar-refractivity contribution in [3.8, 4) is 0 Å². The van der Waals surface area contributed by atoms with Crippen LogP contribution in [0.3, 0.4) is 0 Å². The summed E-state index contributed by atoms with van der Waals surface area (Å²) in [6.45, 7) is 2.44. The maximum atomic E-state index is 9.55. The zero-order chi connectivity index (χ0) is 10.8. The van der Waals surface area contributed by atoms with E-state index in [0.29, 0.717) is 5.92 Å². The summed E-state index contributed by atoms with van der Waals surface area (Å²) in [5.74, 6) is 0.294. The fourth-order valence-corrected chi connectivity index (χ4v) is 1.38. The largest absolute Gasteiger partial charge is 0.396 e. The van der Waals surface area contributed by atoms with Gasteiger partial charge in [0.05, 0.1) is 6.10 Å². The lowest BCUT2D eigenvalue weighted by Gasteiger charge is -2.12. The van der Waals surface area contributed by atoms with E-state index in [1.54, 1.807) is 0 Å². The molecular formula is C11H24O3.